The Bertz CT molecular complexity index is 548. The van der Waals surface area contributed by atoms with Gasteiger partial charge in [-0.05, 0) is 66.0 Å². The van der Waals surface area contributed by atoms with E-state index in [1.54, 1.807) is 0 Å². The van der Waals surface area contributed by atoms with Crippen LogP contribution < -0.4 is 5.32 Å². The van der Waals surface area contributed by atoms with Gasteiger partial charge in [0, 0.05) is 16.7 Å². The molecule has 0 aliphatic carbocycles. The van der Waals surface area contributed by atoms with E-state index >= 15 is 0 Å². The molecule has 0 bridgehead atoms. The zero-order valence-electron chi connectivity index (χ0n) is 11.7. The Morgan fingerprint density at radius 3 is 2.79 bits per heavy atom. The molecule has 0 aliphatic rings. The van der Waals surface area contributed by atoms with Crippen LogP contribution in [0.4, 0.5) is 0 Å². The molecular formula is C15H20BrN3. The quantitative estimate of drug-likeness (QED) is 0.901. The Morgan fingerprint density at radius 1 is 1.42 bits per heavy atom. The van der Waals surface area contributed by atoms with Gasteiger partial charge in [-0.15, -0.1) is 0 Å². The topological polar surface area (TPSA) is 29.9 Å². The summed E-state index contributed by atoms with van der Waals surface area (Å²) in [6, 6.07) is 6.80. The normalized spacial score (nSPS) is 12.6. The van der Waals surface area contributed by atoms with Gasteiger partial charge in [0.15, 0.2) is 0 Å². The van der Waals surface area contributed by atoms with E-state index in [0.29, 0.717) is 6.04 Å². The van der Waals surface area contributed by atoms with E-state index in [1.807, 2.05) is 24.0 Å². The van der Waals surface area contributed by atoms with Gasteiger partial charge >= 0.3 is 0 Å². The maximum Gasteiger partial charge on any atom is 0.0787 e. The summed E-state index contributed by atoms with van der Waals surface area (Å²) in [5, 5.41) is 7.84. The van der Waals surface area contributed by atoms with Crippen LogP contribution in [0.5, 0.6) is 0 Å². The summed E-state index contributed by atoms with van der Waals surface area (Å²) in [6.45, 7) is 7.45. The second kappa shape index (κ2) is 6.35. The van der Waals surface area contributed by atoms with Gasteiger partial charge in [0.05, 0.1) is 11.9 Å². The summed E-state index contributed by atoms with van der Waals surface area (Å²) in [4.78, 5) is 0. The highest BCUT2D eigenvalue weighted by Gasteiger charge is 2.09. The minimum absolute atomic E-state index is 0.365. The lowest BCUT2D eigenvalue weighted by Crippen LogP contribution is -2.19. The van der Waals surface area contributed by atoms with Gasteiger partial charge in [-0.2, -0.15) is 5.10 Å². The Hall–Kier alpha value is -1.13. The smallest absolute Gasteiger partial charge is 0.0787 e. The van der Waals surface area contributed by atoms with E-state index in [2.05, 4.69) is 58.4 Å². The molecule has 4 heteroatoms. The summed E-state index contributed by atoms with van der Waals surface area (Å²) in [6.07, 6.45) is 5.04. The van der Waals surface area contributed by atoms with Crippen molar-refractivity contribution in [1.82, 2.24) is 15.1 Å². The number of hydrogen-bond donors (Lipinski definition) is 1. The molecule has 0 spiro atoms. The van der Waals surface area contributed by atoms with E-state index < -0.39 is 0 Å². The Balaban J connectivity index is 2.22. The van der Waals surface area contributed by atoms with Crippen molar-refractivity contribution in [3.63, 3.8) is 0 Å². The number of nitrogens with one attached hydrogen (secondary N) is 1. The minimum Gasteiger partial charge on any atom is -0.310 e. The molecule has 0 fully saturated rings. The average molecular weight is 322 g/mol. The van der Waals surface area contributed by atoms with E-state index in [1.165, 1.54) is 5.56 Å². The van der Waals surface area contributed by atoms with Crippen molar-refractivity contribution in [2.75, 3.05) is 6.54 Å². The predicted octanol–water partition coefficient (Wildman–Crippen LogP) is 4.00. The zero-order valence-corrected chi connectivity index (χ0v) is 13.2. The van der Waals surface area contributed by atoms with E-state index in [0.717, 1.165) is 28.7 Å². The Kier molecular flexibility index (Phi) is 4.77. The third-order valence-corrected chi connectivity index (χ3v) is 3.77. The second-order valence-electron chi connectivity index (χ2n) is 4.85. The fraction of sp³-hybridized carbons (Fsp3) is 0.400. The van der Waals surface area contributed by atoms with Crippen molar-refractivity contribution in [1.29, 1.82) is 0 Å². The standard InChI is InChI=1S/C15H20BrN3/c1-4-7-17-12(3)13-5-6-15(14(16)8-13)19-10-11(2)9-18-19/h5-6,8-10,12,17H,4,7H2,1-3H3. The monoisotopic (exact) mass is 321 g/mol. The molecule has 1 aromatic heterocycles. The molecular weight excluding hydrogens is 302 g/mol. The summed E-state index contributed by atoms with van der Waals surface area (Å²) < 4.78 is 2.96. The molecule has 2 rings (SSSR count). The first-order valence-corrected chi connectivity index (χ1v) is 7.45. The summed E-state index contributed by atoms with van der Waals surface area (Å²) in [5.41, 5.74) is 3.52. The fourth-order valence-electron chi connectivity index (χ4n) is 2.00. The number of aromatic nitrogens is 2. The van der Waals surface area contributed by atoms with Gasteiger partial charge < -0.3 is 5.32 Å². The first-order chi connectivity index (χ1) is 9.11. The van der Waals surface area contributed by atoms with Crippen LogP contribution in [0, 0.1) is 6.92 Å². The number of nitrogens with zero attached hydrogens (tertiary/aromatic N) is 2. The van der Waals surface area contributed by atoms with Crippen molar-refractivity contribution >= 4 is 15.9 Å². The second-order valence-corrected chi connectivity index (χ2v) is 5.70. The summed E-state index contributed by atoms with van der Waals surface area (Å²) in [7, 11) is 0. The lowest BCUT2D eigenvalue weighted by atomic mass is 10.1. The number of halogens is 1. The first-order valence-electron chi connectivity index (χ1n) is 6.66. The molecule has 2 aromatic rings. The minimum atomic E-state index is 0.365. The SMILES string of the molecule is CCCNC(C)c1ccc(-n2cc(C)cn2)c(Br)c1. The Morgan fingerprint density at radius 2 is 2.21 bits per heavy atom. The molecule has 19 heavy (non-hydrogen) atoms. The molecule has 1 N–H and O–H groups in total. The molecule has 0 saturated carbocycles. The van der Waals surface area contributed by atoms with E-state index in [-0.39, 0.29) is 0 Å². The van der Waals surface area contributed by atoms with Crippen molar-refractivity contribution in [3.8, 4) is 5.69 Å². The molecule has 0 amide bonds. The van der Waals surface area contributed by atoms with Crippen LogP contribution in [0.1, 0.15) is 37.4 Å². The molecule has 1 unspecified atom stereocenters. The van der Waals surface area contributed by atoms with Crippen LogP contribution >= 0.6 is 15.9 Å². The molecule has 3 nitrogen and oxygen atoms in total. The van der Waals surface area contributed by atoms with Gasteiger partial charge in [-0.25, -0.2) is 4.68 Å². The van der Waals surface area contributed by atoms with Crippen LogP contribution in [0.2, 0.25) is 0 Å². The van der Waals surface area contributed by atoms with Gasteiger partial charge in [0.25, 0.3) is 0 Å². The number of aryl methyl sites for hydroxylation is 1. The first kappa shape index (κ1) is 14.3. The zero-order chi connectivity index (χ0) is 13.8. The number of rotatable bonds is 5. The van der Waals surface area contributed by atoms with Crippen LogP contribution in [0.15, 0.2) is 35.1 Å². The van der Waals surface area contributed by atoms with Crippen LogP contribution in [-0.2, 0) is 0 Å². The third-order valence-electron chi connectivity index (χ3n) is 3.13. The van der Waals surface area contributed by atoms with Gasteiger partial charge in [0.2, 0.25) is 0 Å². The van der Waals surface area contributed by atoms with Gasteiger partial charge in [-0.1, -0.05) is 13.0 Å². The molecule has 102 valence electrons. The number of hydrogen-bond acceptors (Lipinski definition) is 2. The summed E-state index contributed by atoms with van der Waals surface area (Å²) in [5.74, 6) is 0. The maximum atomic E-state index is 4.34. The van der Waals surface area contributed by atoms with Crippen molar-refractivity contribution < 1.29 is 0 Å². The van der Waals surface area contributed by atoms with Crippen molar-refractivity contribution in [3.05, 3.63) is 46.2 Å². The molecule has 1 heterocycles. The van der Waals surface area contributed by atoms with Crippen LogP contribution in [-0.4, -0.2) is 16.3 Å². The van der Waals surface area contributed by atoms with Crippen molar-refractivity contribution in [2.45, 2.75) is 33.2 Å². The third kappa shape index (κ3) is 3.45. The highest BCUT2D eigenvalue weighted by Crippen LogP contribution is 2.25. The van der Waals surface area contributed by atoms with E-state index in [4.69, 9.17) is 0 Å². The van der Waals surface area contributed by atoms with Crippen LogP contribution in [0.25, 0.3) is 5.69 Å². The Labute approximate surface area is 123 Å². The van der Waals surface area contributed by atoms with Crippen LogP contribution in [0.3, 0.4) is 0 Å². The average Bonchev–Trinajstić information content (AvgIpc) is 2.82. The summed E-state index contributed by atoms with van der Waals surface area (Å²) >= 11 is 3.64. The van der Waals surface area contributed by atoms with Gasteiger partial charge in [0.1, 0.15) is 0 Å². The molecule has 0 radical (unpaired) electrons. The molecule has 0 aliphatic heterocycles. The lowest BCUT2D eigenvalue weighted by molar-refractivity contribution is 0.570. The lowest BCUT2D eigenvalue weighted by Gasteiger charge is -2.15. The van der Waals surface area contributed by atoms with E-state index in [9.17, 15) is 0 Å². The molecule has 1 atom stereocenters. The van der Waals surface area contributed by atoms with Gasteiger partial charge in [-0.3, -0.25) is 0 Å². The largest absolute Gasteiger partial charge is 0.310 e. The van der Waals surface area contributed by atoms with Crippen molar-refractivity contribution in [2.24, 2.45) is 0 Å². The fourth-order valence-corrected chi connectivity index (χ4v) is 2.58. The highest BCUT2D eigenvalue weighted by atomic mass is 79.9. The predicted molar refractivity (Wildman–Crippen MR) is 82.7 cm³/mol. The maximum absolute atomic E-state index is 4.34. The number of benzene rings is 1. The molecule has 1 aromatic carbocycles. The molecule has 0 saturated heterocycles. The highest BCUT2D eigenvalue weighted by molar-refractivity contribution is 9.10.